The van der Waals surface area contributed by atoms with Crippen molar-refractivity contribution in [3.63, 3.8) is 0 Å². The lowest BCUT2D eigenvalue weighted by Gasteiger charge is -2.44. The monoisotopic (exact) mass is 330 g/mol. The molecule has 1 saturated heterocycles. The van der Waals surface area contributed by atoms with Gasteiger partial charge in [-0.3, -0.25) is 9.69 Å². The lowest BCUT2D eigenvalue weighted by Crippen LogP contribution is -2.52. The van der Waals surface area contributed by atoms with Crippen LogP contribution >= 0.6 is 0 Å². The van der Waals surface area contributed by atoms with Gasteiger partial charge in [0.25, 0.3) is 0 Å². The maximum atomic E-state index is 12.9. The zero-order valence-corrected chi connectivity index (χ0v) is 14.6. The lowest BCUT2D eigenvalue weighted by molar-refractivity contribution is -0.139. The highest BCUT2D eigenvalue weighted by atomic mass is 16.3. The molecule has 2 unspecified atom stereocenters. The third-order valence-electron chi connectivity index (χ3n) is 5.59. The lowest BCUT2D eigenvalue weighted by atomic mass is 9.78. The minimum absolute atomic E-state index is 0.0895. The van der Waals surface area contributed by atoms with Crippen molar-refractivity contribution in [2.45, 2.75) is 51.1 Å². The number of hydrogen-bond acceptors (Lipinski definition) is 3. The van der Waals surface area contributed by atoms with Crippen LogP contribution in [0.1, 0.15) is 44.1 Å². The van der Waals surface area contributed by atoms with Crippen LogP contribution in [0.25, 0.3) is 0 Å². The minimum Gasteiger partial charge on any atom is -0.395 e. The topological polar surface area (TPSA) is 43.8 Å². The molecule has 2 aliphatic rings. The van der Waals surface area contributed by atoms with Gasteiger partial charge >= 0.3 is 0 Å². The standard InChI is InChI=1S/C20H30N2O2/c23-14-13-21(15-17-7-2-1-3-8-17)16-20(24)22-12-6-10-18-9-4-5-11-19(18)22/h1-3,7-8,18-19,23H,4-6,9-16H2. The SMILES string of the molecule is O=C(CN(CCO)Cc1ccccc1)N1CCCC2CCCCC21. The Kier molecular flexibility index (Phi) is 6.27. The molecule has 2 atom stereocenters. The van der Waals surface area contributed by atoms with Gasteiger partial charge in [-0.05, 0) is 37.2 Å². The number of carbonyl (C=O) groups is 1. The molecule has 1 aliphatic heterocycles. The Balaban J connectivity index is 1.62. The average Bonchev–Trinajstić information content (AvgIpc) is 2.62. The number of aliphatic hydroxyl groups is 1. The van der Waals surface area contributed by atoms with Gasteiger partial charge in [0.15, 0.2) is 0 Å². The number of likely N-dealkylation sites (tertiary alicyclic amines) is 1. The van der Waals surface area contributed by atoms with Crippen molar-refractivity contribution >= 4 is 5.91 Å². The predicted molar refractivity (Wildman–Crippen MR) is 95.5 cm³/mol. The van der Waals surface area contributed by atoms with Gasteiger partial charge in [-0.25, -0.2) is 0 Å². The summed E-state index contributed by atoms with van der Waals surface area (Å²) in [4.78, 5) is 17.2. The molecule has 1 heterocycles. The molecular weight excluding hydrogens is 300 g/mol. The summed E-state index contributed by atoms with van der Waals surface area (Å²) in [6, 6.07) is 10.7. The van der Waals surface area contributed by atoms with Gasteiger partial charge < -0.3 is 10.0 Å². The Labute approximate surface area is 145 Å². The average molecular weight is 330 g/mol. The smallest absolute Gasteiger partial charge is 0.237 e. The molecule has 4 nitrogen and oxygen atoms in total. The fourth-order valence-electron chi connectivity index (χ4n) is 4.41. The fourth-order valence-corrected chi connectivity index (χ4v) is 4.41. The zero-order valence-electron chi connectivity index (χ0n) is 14.6. The van der Waals surface area contributed by atoms with Crippen molar-refractivity contribution in [3.05, 3.63) is 35.9 Å². The number of benzene rings is 1. The number of piperidine rings is 1. The quantitative estimate of drug-likeness (QED) is 0.872. The van der Waals surface area contributed by atoms with Crippen molar-refractivity contribution in [2.24, 2.45) is 5.92 Å². The molecular formula is C20H30N2O2. The van der Waals surface area contributed by atoms with E-state index >= 15 is 0 Å². The first kappa shape index (κ1) is 17.4. The van der Waals surface area contributed by atoms with Crippen molar-refractivity contribution in [1.29, 1.82) is 0 Å². The van der Waals surface area contributed by atoms with E-state index in [0.29, 0.717) is 19.1 Å². The summed E-state index contributed by atoms with van der Waals surface area (Å²) in [6.45, 7) is 2.68. The Morgan fingerprint density at radius 1 is 1.12 bits per heavy atom. The van der Waals surface area contributed by atoms with Crippen LogP contribution in [0.2, 0.25) is 0 Å². The minimum atomic E-state index is 0.0895. The highest BCUT2D eigenvalue weighted by molar-refractivity contribution is 5.78. The third-order valence-corrected chi connectivity index (χ3v) is 5.59. The Morgan fingerprint density at radius 3 is 2.67 bits per heavy atom. The zero-order chi connectivity index (χ0) is 16.8. The molecule has 3 rings (SSSR count). The van der Waals surface area contributed by atoms with E-state index in [1.165, 1.54) is 37.7 Å². The first-order valence-electron chi connectivity index (χ1n) is 9.44. The second-order valence-corrected chi connectivity index (χ2v) is 7.26. The van der Waals surface area contributed by atoms with E-state index < -0.39 is 0 Å². The molecule has 0 aromatic heterocycles. The predicted octanol–water partition coefficient (Wildman–Crippen LogP) is 2.66. The van der Waals surface area contributed by atoms with Crippen LogP contribution in [0.3, 0.4) is 0 Å². The summed E-state index contributed by atoms with van der Waals surface area (Å²) in [5.41, 5.74) is 1.19. The molecule has 1 aromatic rings. The van der Waals surface area contributed by atoms with Gasteiger partial charge in [-0.2, -0.15) is 0 Å². The summed E-state index contributed by atoms with van der Waals surface area (Å²) < 4.78 is 0. The van der Waals surface area contributed by atoms with Gasteiger partial charge in [0.05, 0.1) is 13.2 Å². The maximum absolute atomic E-state index is 12.9. The maximum Gasteiger partial charge on any atom is 0.237 e. The van der Waals surface area contributed by atoms with Gasteiger partial charge in [-0.1, -0.05) is 43.2 Å². The molecule has 0 bridgehead atoms. The van der Waals surface area contributed by atoms with Gasteiger partial charge in [-0.15, -0.1) is 0 Å². The van der Waals surface area contributed by atoms with Crippen molar-refractivity contribution in [1.82, 2.24) is 9.80 Å². The number of amides is 1. The van der Waals surface area contributed by atoms with Crippen LogP contribution in [0.15, 0.2) is 30.3 Å². The third kappa shape index (κ3) is 4.37. The van der Waals surface area contributed by atoms with E-state index in [2.05, 4.69) is 21.9 Å². The normalized spacial score (nSPS) is 24.0. The van der Waals surface area contributed by atoms with Crippen LogP contribution in [-0.4, -0.2) is 53.1 Å². The molecule has 2 fully saturated rings. The number of carbonyl (C=O) groups excluding carboxylic acids is 1. The molecule has 24 heavy (non-hydrogen) atoms. The molecule has 1 aromatic carbocycles. The van der Waals surface area contributed by atoms with Crippen LogP contribution in [0, 0.1) is 5.92 Å². The Morgan fingerprint density at radius 2 is 1.88 bits per heavy atom. The van der Waals surface area contributed by atoms with Gasteiger partial charge in [0.2, 0.25) is 5.91 Å². The summed E-state index contributed by atoms with van der Waals surface area (Å²) in [6.07, 6.45) is 7.49. The highest BCUT2D eigenvalue weighted by Gasteiger charge is 2.35. The second-order valence-electron chi connectivity index (χ2n) is 7.26. The van der Waals surface area contributed by atoms with Crippen molar-refractivity contribution in [2.75, 3.05) is 26.2 Å². The van der Waals surface area contributed by atoms with E-state index in [9.17, 15) is 9.90 Å². The molecule has 1 saturated carbocycles. The molecule has 0 spiro atoms. The van der Waals surface area contributed by atoms with Crippen LogP contribution in [-0.2, 0) is 11.3 Å². The van der Waals surface area contributed by atoms with Crippen LogP contribution in [0.4, 0.5) is 0 Å². The number of fused-ring (bicyclic) bond motifs is 1. The summed E-state index contributed by atoms with van der Waals surface area (Å²) in [5.74, 6) is 0.966. The van der Waals surface area contributed by atoms with E-state index in [4.69, 9.17) is 0 Å². The van der Waals surface area contributed by atoms with Crippen molar-refractivity contribution in [3.8, 4) is 0 Å². The van der Waals surface area contributed by atoms with E-state index in [1.54, 1.807) is 0 Å². The number of hydrogen-bond donors (Lipinski definition) is 1. The molecule has 1 N–H and O–H groups in total. The van der Waals surface area contributed by atoms with Crippen molar-refractivity contribution < 1.29 is 9.90 Å². The summed E-state index contributed by atoms with van der Waals surface area (Å²) >= 11 is 0. The highest BCUT2D eigenvalue weighted by Crippen LogP contribution is 2.35. The molecule has 1 aliphatic carbocycles. The van der Waals surface area contributed by atoms with Gasteiger partial charge in [0, 0.05) is 25.7 Å². The fraction of sp³-hybridized carbons (Fsp3) is 0.650. The number of nitrogens with zero attached hydrogens (tertiary/aromatic N) is 2. The number of rotatable bonds is 6. The Bertz CT molecular complexity index is 518. The molecule has 1 amide bonds. The van der Waals surface area contributed by atoms with Crippen LogP contribution in [0.5, 0.6) is 0 Å². The van der Waals surface area contributed by atoms with Gasteiger partial charge in [0.1, 0.15) is 0 Å². The Hall–Kier alpha value is -1.39. The first-order chi connectivity index (χ1) is 11.8. The van der Waals surface area contributed by atoms with E-state index in [1.807, 2.05) is 18.2 Å². The second kappa shape index (κ2) is 8.63. The largest absolute Gasteiger partial charge is 0.395 e. The summed E-state index contributed by atoms with van der Waals surface area (Å²) in [7, 11) is 0. The van der Waals surface area contributed by atoms with Crippen LogP contribution < -0.4 is 0 Å². The molecule has 4 heteroatoms. The molecule has 132 valence electrons. The summed E-state index contributed by atoms with van der Waals surface area (Å²) in [5, 5.41) is 9.36. The molecule has 0 radical (unpaired) electrons. The number of aliphatic hydroxyl groups excluding tert-OH is 1. The van der Waals surface area contributed by atoms with E-state index in [0.717, 1.165) is 25.4 Å². The first-order valence-corrected chi connectivity index (χ1v) is 9.44. The van der Waals surface area contributed by atoms with E-state index in [-0.39, 0.29) is 12.5 Å².